The fourth-order valence-electron chi connectivity index (χ4n) is 2.11. The molecule has 3 rings (SSSR count). The zero-order chi connectivity index (χ0) is 16.4. The number of hydrogen-bond donors (Lipinski definition) is 0. The molecule has 0 aliphatic carbocycles. The van der Waals surface area contributed by atoms with Gasteiger partial charge in [-0.1, -0.05) is 29.3 Å². The summed E-state index contributed by atoms with van der Waals surface area (Å²) in [5.41, 5.74) is 0.252. The second-order valence-electron chi connectivity index (χ2n) is 4.64. The first-order valence-corrected chi connectivity index (χ1v) is 7.49. The molecule has 0 fully saturated rings. The largest absolute Gasteiger partial charge is 0.493 e. The fraction of sp³-hybridized carbons (Fsp3) is 0.188. The Labute approximate surface area is 142 Å². The van der Waals surface area contributed by atoms with E-state index in [1.165, 1.54) is 19.2 Å². The lowest BCUT2D eigenvalue weighted by Crippen LogP contribution is -2.17. The molecule has 0 saturated heterocycles. The van der Waals surface area contributed by atoms with Crippen molar-refractivity contribution < 1.29 is 23.7 Å². The van der Waals surface area contributed by atoms with Crippen LogP contribution in [0.4, 0.5) is 0 Å². The number of methoxy groups -OCH3 is 1. The van der Waals surface area contributed by atoms with Crippen molar-refractivity contribution in [2.45, 2.75) is 0 Å². The molecular weight excluding hydrogens is 343 g/mol. The van der Waals surface area contributed by atoms with Crippen LogP contribution in [-0.2, 0) is 0 Å². The van der Waals surface area contributed by atoms with Gasteiger partial charge in [-0.15, -0.1) is 0 Å². The SMILES string of the molecule is COc1cc(C(=O)Oc2cccc(Cl)c2Cl)cc2c1OCCO2. The zero-order valence-corrected chi connectivity index (χ0v) is 13.6. The van der Waals surface area contributed by atoms with Crippen LogP contribution in [0.3, 0.4) is 0 Å². The summed E-state index contributed by atoms with van der Waals surface area (Å²) < 4.78 is 21.5. The second-order valence-corrected chi connectivity index (χ2v) is 5.43. The number of carbonyl (C=O) groups is 1. The van der Waals surface area contributed by atoms with Crippen LogP contribution in [0.25, 0.3) is 0 Å². The molecule has 2 aromatic rings. The van der Waals surface area contributed by atoms with Gasteiger partial charge in [-0.05, 0) is 24.3 Å². The Morgan fingerprint density at radius 1 is 1.13 bits per heavy atom. The van der Waals surface area contributed by atoms with Crippen molar-refractivity contribution in [2.24, 2.45) is 0 Å². The molecule has 0 bridgehead atoms. The van der Waals surface area contributed by atoms with Crippen molar-refractivity contribution in [3.05, 3.63) is 45.9 Å². The third-order valence-corrected chi connectivity index (χ3v) is 3.98. The van der Waals surface area contributed by atoms with Gasteiger partial charge in [-0.2, -0.15) is 0 Å². The molecule has 0 atom stereocenters. The third kappa shape index (κ3) is 3.16. The normalized spacial score (nSPS) is 12.7. The Hall–Kier alpha value is -2.11. The highest BCUT2D eigenvalue weighted by atomic mass is 35.5. The number of benzene rings is 2. The van der Waals surface area contributed by atoms with Gasteiger partial charge in [0.05, 0.1) is 17.7 Å². The highest BCUT2D eigenvalue weighted by Crippen LogP contribution is 2.41. The molecule has 23 heavy (non-hydrogen) atoms. The van der Waals surface area contributed by atoms with Crippen molar-refractivity contribution in [3.63, 3.8) is 0 Å². The summed E-state index contributed by atoms with van der Waals surface area (Å²) in [7, 11) is 1.48. The third-order valence-electron chi connectivity index (χ3n) is 3.18. The lowest BCUT2D eigenvalue weighted by atomic mass is 10.1. The first kappa shape index (κ1) is 15.8. The van der Waals surface area contributed by atoms with Crippen molar-refractivity contribution >= 4 is 29.2 Å². The van der Waals surface area contributed by atoms with Gasteiger partial charge in [0.15, 0.2) is 17.2 Å². The predicted octanol–water partition coefficient (Wildman–Crippen LogP) is 3.99. The Bertz CT molecular complexity index is 743. The van der Waals surface area contributed by atoms with E-state index < -0.39 is 5.97 Å². The standard InChI is InChI=1S/C16H12Cl2O5/c1-20-12-7-9(8-13-15(12)22-6-5-21-13)16(19)23-11-4-2-3-10(17)14(11)18/h2-4,7-8H,5-6H2,1H3. The van der Waals surface area contributed by atoms with Gasteiger partial charge in [0.2, 0.25) is 5.75 Å². The molecule has 0 saturated carbocycles. The predicted molar refractivity (Wildman–Crippen MR) is 85.4 cm³/mol. The minimum absolute atomic E-state index is 0.173. The molecule has 1 heterocycles. The van der Waals surface area contributed by atoms with E-state index in [0.29, 0.717) is 35.5 Å². The molecule has 0 aromatic heterocycles. The van der Waals surface area contributed by atoms with E-state index in [1.807, 2.05) is 0 Å². The smallest absolute Gasteiger partial charge is 0.343 e. The van der Waals surface area contributed by atoms with Crippen LogP contribution in [0.1, 0.15) is 10.4 Å². The number of fused-ring (bicyclic) bond motifs is 1. The number of hydrogen-bond acceptors (Lipinski definition) is 5. The monoisotopic (exact) mass is 354 g/mol. The highest BCUT2D eigenvalue weighted by molar-refractivity contribution is 6.43. The first-order chi connectivity index (χ1) is 11.1. The minimum atomic E-state index is -0.607. The van der Waals surface area contributed by atoms with Crippen LogP contribution in [0.2, 0.25) is 10.0 Å². The number of halogens is 2. The molecule has 5 nitrogen and oxygen atoms in total. The van der Waals surface area contributed by atoms with E-state index in [-0.39, 0.29) is 16.3 Å². The summed E-state index contributed by atoms with van der Waals surface area (Å²) in [6.07, 6.45) is 0. The van der Waals surface area contributed by atoms with Crippen LogP contribution in [0, 0.1) is 0 Å². The summed E-state index contributed by atoms with van der Waals surface area (Å²) in [5.74, 6) is 0.865. The van der Waals surface area contributed by atoms with Gasteiger partial charge in [0.25, 0.3) is 0 Å². The quantitative estimate of drug-likeness (QED) is 0.616. The lowest BCUT2D eigenvalue weighted by molar-refractivity contribution is 0.0733. The van der Waals surface area contributed by atoms with Crippen LogP contribution < -0.4 is 18.9 Å². The van der Waals surface area contributed by atoms with Crippen molar-refractivity contribution in [3.8, 4) is 23.0 Å². The molecule has 0 amide bonds. The van der Waals surface area contributed by atoms with Crippen molar-refractivity contribution in [1.82, 2.24) is 0 Å². The topological polar surface area (TPSA) is 54.0 Å². The van der Waals surface area contributed by atoms with Crippen LogP contribution in [-0.4, -0.2) is 26.3 Å². The maximum absolute atomic E-state index is 12.4. The molecule has 0 radical (unpaired) electrons. The average Bonchev–Trinajstić information content (AvgIpc) is 2.57. The average molecular weight is 355 g/mol. The van der Waals surface area contributed by atoms with E-state index in [4.69, 9.17) is 42.1 Å². The van der Waals surface area contributed by atoms with Gasteiger partial charge >= 0.3 is 5.97 Å². The number of esters is 1. The Balaban J connectivity index is 1.92. The number of carbonyl (C=O) groups excluding carboxylic acids is 1. The highest BCUT2D eigenvalue weighted by Gasteiger charge is 2.22. The van der Waals surface area contributed by atoms with Crippen LogP contribution in [0.15, 0.2) is 30.3 Å². The molecule has 0 spiro atoms. The first-order valence-electron chi connectivity index (χ1n) is 6.74. The Morgan fingerprint density at radius 3 is 2.70 bits per heavy atom. The van der Waals surface area contributed by atoms with E-state index >= 15 is 0 Å². The summed E-state index contributed by atoms with van der Waals surface area (Å²) in [6.45, 7) is 0.819. The second kappa shape index (κ2) is 6.56. The Morgan fingerprint density at radius 2 is 1.91 bits per heavy atom. The number of ether oxygens (including phenoxy) is 4. The Kier molecular flexibility index (Phi) is 4.50. The minimum Gasteiger partial charge on any atom is -0.493 e. The molecule has 1 aliphatic rings. The molecule has 0 N–H and O–H groups in total. The molecule has 2 aromatic carbocycles. The summed E-state index contributed by atoms with van der Waals surface area (Å²) >= 11 is 11.9. The molecule has 0 unspecified atom stereocenters. The maximum atomic E-state index is 12.4. The fourth-order valence-corrected chi connectivity index (χ4v) is 2.44. The van der Waals surface area contributed by atoms with Crippen LogP contribution >= 0.6 is 23.2 Å². The van der Waals surface area contributed by atoms with Gasteiger partial charge in [0.1, 0.15) is 18.2 Å². The van der Waals surface area contributed by atoms with Gasteiger partial charge in [0, 0.05) is 0 Å². The molecule has 120 valence electrons. The molecule has 7 heteroatoms. The summed E-state index contributed by atoms with van der Waals surface area (Å²) in [5, 5.41) is 0.476. The van der Waals surface area contributed by atoms with Gasteiger partial charge in [-0.3, -0.25) is 0 Å². The molecule has 1 aliphatic heterocycles. The van der Waals surface area contributed by atoms with E-state index in [9.17, 15) is 4.79 Å². The maximum Gasteiger partial charge on any atom is 0.343 e. The van der Waals surface area contributed by atoms with Gasteiger partial charge in [-0.25, -0.2) is 4.79 Å². The lowest BCUT2D eigenvalue weighted by Gasteiger charge is -2.21. The summed E-state index contributed by atoms with van der Waals surface area (Å²) in [6, 6.07) is 7.86. The molecular formula is C16H12Cl2O5. The van der Waals surface area contributed by atoms with E-state index in [2.05, 4.69) is 0 Å². The number of rotatable bonds is 3. The summed E-state index contributed by atoms with van der Waals surface area (Å²) in [4.78, 5) is 12.4. The van der Waals surface area contributed by atoms with E-state index in [1.54, 1.807) is 18.2 Å². The van der Waals surface area contributed by atoms with Crippen molar-refractivity contribution in [1.29, 1.82) is 0 Å². The van der Waals surface area contributed by atoms with Crippen LogP contribution in [0.5, 0.6) is 23.0 Å². The van der Waals surface area contributed by atoms with Gasteiger partial charge < -0.3 is 18.9 Å². The van der Waals surface area contributed by atoms with E-state index in [0.717, 1.165) is 0 Å². The zero-order valence-electron chi connectivity index (χ0n) is 12.1. The van der Waals surface area contributed by atoms with Crippen molar-refractivity contribution in [2.75, 3.05) is 20.3 Å².